The Hall–Kier alpha value is -1.69. The van der Waals surface area contributed by atoms with Crippen LogP contribution in [0.15, 0.2) is 12.1 Å². The molecular weight excluding hydrogens is 270 g/mol. The Labute approximate surface area is 115 Å². The van der Waals surface area contributed by atoms with Crippen molar-refractivity contribution in [3.8, 4) is 0 Å². The lowest BCUT2D eigenvalue weighted by atomic mass is 10.0. The van der Waals surface area contributed by atoms with Gasteiger partial charge in [0.1, 0.15) is 5.15 Å². The molecule has 0 bridgehead atoms. The first-order valence-corrected chi connectivity index (χ1v) is 6.55. The highest BCUT2D eigenvalue weighted by Gasteiger charge is 2.22. The minimum Gasteiger partial charge on any atom is -0.305 e. The summed E-state index contributed by atoms with van der Waals surface area (Å²) in [7, 11) is 0. The van der Waals surface area contributed by atoms with Crippen molar-refractivity contribution >= 4 is 29.0 Å². The fourth-order valence-electron chi connectivity index (χ4n) is 2.33. The molecule has 0 aliphatic heterocycles. The number of carbonyl (C=O) groups excluding carboxylic acids is 1. The Morgan fingerprint density at radius 1 is 1.47 bits per heavy atom. The fraction of sp³-hybridized carbons (Fsp3) is 0.500. The number of amides is 1. The average molecular weight is 284 g/mol. The minimum atomic E-state index is -0.589. The molecule has 1 fully saturated rings. The van der Waals surface area contributed by atoms with E-state index in [2.05, 4.69) is 10.3 Å². The van der Waals surface area contributed by atoms with Gasteiger partial charge in [0.2, 0.25) is 11.7 Å². The highest BCUT2D eigenvalue weighted by Crippen LogP contribution is 2.29. The summed E-state index contributed by atoms with van der Waals surface area (Å²) in [5.41, 5.74) is -0.246. The van der Waals surface area contributed by atoms with Crippen LogP contribution in [0.25, 0.3) is 0 Å². The van der Waals surface area contributed by atoms with E-state index in [1.54, 1.807) is 0 Å². The number of nitro groups is 1. The molecule has 1 heterocycles. The van der Waals surface area contributed by atoms with Gasteiger partial charge in [-0.15, -0.1) is 0 Å². The smallest absolute Gasteiger partial charge is 0.305 e. The van der Waals surface area contributed by atoms with Gasteiger partial charge in [-0.25, -0.2) is 4.98 Å². The van der Waals surface area contributed by atoms with Gasteiger partial charge in [0, 0.05) is 12.5 Å². The standard InChI is InChI=1S/C12H14ClN3O3/c13-10-6-5-9(16(18)19)12(14-10)15-11(17)7-8-3-1-2-4-8/h5-6,8H,1-4,7H2,(H,14,15,17). The van der Waals surface area contributed by atoms with Crippen LogP contribution in [-0.2, 0) is 4.79 Å². The Kier molecular flexibility index (Phi) is 4.31. The molecule has 1 N–H and O–H groups in total. The van der Waals surface area contributed by atoms with E-state index in [0.717, 1.165) is 25.7 Å². The molecule has 1 aromatic rings. The maximum Gasteiger partial charge on any atom is 0.311 e. The number of rotatable bonds is 4. The SMILES string of the molecule is O=C(CC1CCCC1)Nc1nc(Cl)ccc1[N+](=O)[O-]. The third-order valence-corrected chi connectivity index (χ3v) is 3.45. The minimum absolute atomic E-state index is 0.0829. The van der Waals surface area contributed by atoms with E-state index in [0.29, 0.717) is 12.3 Å². The monoisotopic (exact) mass is 283 g/mol. The van der Waals surface area contributed by atoms with Crippen LogP contribution in [0, 0.1) is 16.0 Å². The molecule has 1 aliphatic rings. The van der Waals surface area contributed by atoms with Gasteiger partial charge in [0.15, 0.2) is 0 Å². The Balaban J connectivity index is 2.06. The predicted molar refractivity (Wildman–Crippen MR) is 71.1 cm³/mol. The topological polar surface area (TPSA) is 85.1 Å². The normalized spacial score (nSPS) is 15.4. The summed E-state index contributed by atoms with van der Waals surface area (Å²) in [5, 5.41) is 13.4. The summed E-state index contributed by atoms with van der Waals surface area (Å²) >= 11 is 5.69. The molecule has 102 valence electrons. The summed E-state index contributed by atoms with van der Waals surface area (Å²) in [6.07, 6.45) is 4.75. The van der Waals surface area contributed by atoms with Crippen molar-refractivity contribution < 1.29 is 9.72 Å². The van der Waals surface area contributed by atoms with E-state index in [1.165, 1.54) is 12.1 Å². The third-order valence-electron chi connectivity index (χ3n) is 3.24. The molecule has 1 saturated carbocycles. The molecule has 0 radical (unpaired) electrons. The van der Waals surface area contributed by atoms with Gasteiger partial charge >= 0.3 is 5.69 Å². The molecule has 0 aromatic carbocycles. The first-order chi connectivity index (χ1) is 9.06. The first-order valence-electron chi connectivity index (χ1n) is 6.17. The molecule has 1 amide bonds. The van der Waals surface area contributed by atoms with Gasteiger partial charge in [-0.2, -0.15) is 0 Å². The quantitative estimate of drug-likeness (QED) is 0.522. The van der Waals surface area contributed by atoms with Crippen LogP contribution in [0.3, 0.4) is 0 Å². The summed E-state index contributed by atoms with van der Waals surface area (Å²) < 4.78 is 0. The highest BCUT2D eigenvalue weighted by molar-refractivity contribution is 6.29. The van der Waals surface area contributed by atoms with E-state index in [1.807, 2.05) is 0 Å². The Morgan fingerprint density at radius 3 is 2.79 bits per heavy atom. The largest absolute Gasteiger partial charge is 0.311 e. The van der Waals surface area contributed by atoms with Crippen LogP contribution in [0.5, 0.6) is 0 Å². The predicted octanol–water partition coefficient (Wildman–Crippen LogP) is 3.16. The zero-order valence-corrected chi connectivity index (χ0v) is 11.0. The molecule has 6 nitrogen and oxygen atoms in total. The van der Waals surface area contributed by atoms with E-state index >= 15 is 0 Å². The summed E-state index contributed by atoms with van der Waals surface area (Å²) in [6.45, 7) is 0. The zero-order chi connectivity index (χ0) is 13.8. The van der Waals surface area contributed by atoms with Crippen molar-refractivity contribution in [3.05, 3.63) is 27.4 Å². The summed E-state index contributed by atoms with van der Waals surface area (Å²) in [5.74, 6) is 0.0449. The van der Waals surface area contributed by atoms with Crippen LogP contribution < -0.4 is 5.32 Å². The van der Waals surface area contributed by atoms with E-state index in [4.69, 9.17) is 11.6 Å². The number of halogens is 1. The Morgan fingerprint density at radius 2 is 2.16 bits per heavy atom. The number of carbonyl (C=O) groups is 1. The lowest BCUT2D eigenvalue weighted by molar-refractivity contribution is -0.384. The van der Waals surface area contributed by atoms with Crippen LogP contribution >= 0.6 is 11.6 Å². The van der Waals surface area contributed by atoms with Crippen LogP contribution in [0.1, 0.15) is 32.1 Å². The van der Waals surface area contributed by atoms with Crippen molar-refractivity contribution in [2.75, 3.05) is 5.32 Å². The van der Waals surface area contributed by atoms with Crippen molar-refractivity contribution in [3.63, 3.8) is 0 Å². The van der Waals surface area contributed by atoms with Crippen molar-refractivity contribution in [2.24, 2.45) is 5.92 Å². The molecular formula is C12H14ClN3O3. The summed E-state index contributed by atoms with van der Waals surface area (Å²) in [4.78, 5) is 25.9. The van der Waals surface area contributed by atoms with Gasteiger partial charge in [-0.3, -0.25) is 14.9 Å². The lowest BCUT2D eigenvalue weighted by Gasteiger charge is -2.09. The molecule has 1 aliphatic carbocycles. The van der Waals surface area contributed by atoms with E-state index < -0.39 is 4.92 Å². The molecule has 1 aromatic heterocycles. The second-order valence-corrected chi connectivity index (χ2v) is 5.05. The second kappa shape index (κ2) is 5.97. The zero-order valence-electron chi connectivity index (χ0n) is 10.3. The van der Waals surface area contributed by atoms with Crippen LogP contribution in [-0.4, -0.2) is 15.8 Å². The van der Waals surface area contributed by atoms with Gasteiger partial charge in [0.05, 0.1) is 4.92 Å². The van der Waals surface area contributed by atoms with Crippen LogP contribution in [0.4, 0.5) is 11.5 Å². The number of hydrogen-bond donors (Lipinski definition) is 1. The van der Waals surface area contributed by atoms with Crippen molar-refractivity contribution in [1.82, 2.24) is 4.98 Å². The van der Waals surface area contributed by atoms with E-state index in [-0.39, 0.29) is 22.6 Å². The maximum absolute atomic E-state index is 11.8. The number of aromatic nitrogens is 1. The van der Waals surface area contributed by atoms with Gasteiger partial charge < -0.3 is 5.32 Å². The van der Waals surface area contributed by atoms with Gasteiger partial charge in [-0.1, -0.05) is 24.4 Å². The number of nitrogens with zero attached hydrogens (tertiary/aromatic N) is 2. The number of pyridine rings is 1. The van der Waals surface area contributed by atoms with Crippen LogP contribution in [0.2, 0.25) is 5.15 Å². The van der Waals surface area contributed by atoms with Gasteiger partial charge in [-0.05, 0) is 24.8 Å². The molecule has 0 saturated heterocycles. The third kappa shape index (κ3) is 3.64. The molecule has 2 rings (SSSR count). The average Bonchev–Trinajstić information content (AvgIpc) is 2.81. The molecule has 19 heavy (non-hydrogen) atoms. The second-order valence-electron chi connectivity index (χ2n) is 4.66. The molecule has 0 atom stereocenters. The fourth-order valence-corrected chi connectivity index (χ4v) is 2.47. The number of anilines is 1. The molecule has 0 unspecified atom stereocenters. The number of hydrogen-bond acceptors (Lipinski definition) is 4. The first kappa shape index (κ1) is 13.7. The van der Waals surface area contributed by atoms with Gasteiger partial charge in [0.25, 0.3) is 0 Å². The molecule has 0 spiro atoms. The van der Waals surface area contributed by atoms with Crippen molar-refractivity contribution in [1.29, 1.82) is 0 Å². The number of nitrogens with one attached hydrogen (secondary N) is 1. The lowest BCUT2D eigenvalue weighted by Crippen LogP contribution is -2.17. The van der Waals surface area contributed by atoms with E-state index in [9.17, 15) is 14.9 Å². The van der Waals surface area contributed by atoms with Crippen molar-refractivity contribution in [2.45, 2.75) is 32.1 Å². The summed E-state index contributed by atoms with van der Waals surface area (Å²) in [6, 6.07) is 2.56. The maximum atomic E-state index is 11.8. The molecule has 7 heteroatoms. The Bertz CT molecular complexity index is 501. The highest BCUT2D eigenvalue weighted by atomic mass is 35.5.